The molecule has 0 aliphatic carbocycles. The second-order valence-corrected chi connectivity index (χ2v) is 4.70. The van der Waals surface area contributed by atoms with Gasteiger partial charge in [-0.1, -0.05) is 0 Å². The van der Waals surface area contributed by atoms with Crippen LogP contribution in [0.1, 0.15) is 0 Å². The first-order chi connectivity index (χ1) is 7.76. The highest BCUT2D eigenvalue weighted by atomic mass is 16.5. The average Bonchev–Trinajstić information content (AvgIpc) is 2.14. The second-order valence-electron chi connectivity index (χ2n) is 4.70. The molecular weight excluding hydrogens is 230 g/mol. The van der Waals surface area contributed by atoms with E-state index in [1.54, 1.807) is 14.1 Å². The van der Waals surface area contributed by atoms with E-state index in [4.69, 9.17) is 20.1 Å². The summed E-state index contributed by atoms with van der Waals surface area (Å²) in [6.07, 6.45) is -1.76. The Labute approximate surface area is 100 Å². The molecule has 0 fully saturated rings. The minimum atomic E-state index is -0.955. The van der Waals surface area contributed by atoms with Gasteiger partial charge >= 0.3 is 5.97 Å². The molecule has 0 aromatic heterocycles. The third-order valence-corrected chi connectivity index (χ3v) is 2.10. The average molecular weight is 252 g/mol. The Balaban J connectivity index is 3.84. The van der Waals surface area contributed by atoms with E-state index in [-0.39, 0.29) is 30.8 Å². The smallest absolute Gasteiger partial charge is 0.359 e. The Morgan fingerprint density at radius 1 is 1.24 bits per heavy atom. The molecule has 0 radical (unpaired) electrons. The third kappa shape index (κ3) is 9.02. The fourth-order valence-corrected chi connectivity index (χ4v) is 1.45. The number of carboxylic acids is 1. The molecule has 0 aromatic carbocycles. The predicted octanol–water partition coefficient (Wildman–Crippen LogP) is -2.12. The number of quaternary nitrogens is 1. The highest BCUT2D eigenvalue weighted by Crippen LogP contribution is 2.00. The molecule has 17 heavy (non-hydrogen) atoms. The monoisotopic (exact) mass is 252 g/mol. The van der Waals surface area contributed by atoms with Crippen molar-refractivity contribution in [3.05, 3.63) is 0 Å². The van der Waals surface area contributed by atoms with E-state index >= 15 is 0 Å². The highest BCUT2D eigenvalue weighted by Gasteiger charge is 2.23. The molecule has 2 unspecified atom stereocenters. The van der Waals surface area contributed by atoms with Gasteiger partial charge in [-0.2, -0.15) is 0 Å². The lowest BCUT2D eigenvalue weighted by Gasteiger charge is -2.29. The summed E-state index contributed by atoms with van der Waals surface area (Å²) in [7, 11) is 3.39. The van der Waals surface area contributed by atoms with Gasteiger partial charge < -0.3 is 29.6 Å². The third-order valence-electron chi connectivity index (χ3n) is 2.10. The van der Waals surface area contributed by atoms with Gasteiger partial charge in [-0.25, -0.2) is 4.79 Å². The maximum atomic E-state index is 10.5. The van der Waals surface area contributed by atoms with Crippen molar-refractivity contribution >= 4 is 5.97 Å². The molecule has 102 valence electrons. The molecule has 0 amide bonds. The second kappa shape index (κ2) is 7.57. The summed E-state index contributed by atoms with van der Waals surface area (Å²) >= 11 is 0. The number of aliphatic hydroxyl groups excluding tert-OH is 3. The van der Waals surface area contributed by atoms with E-state index in [0.717, 1.165) is 0 Å². The summed E-state index contributed by atoms with van der Waals surface area (Å²) in [6.45, 7) is -0.299. The molecule has 0 heterocycles. The van der Waals surface area contributed by atoms with Gasteiger partial charge in [-0.15, -0.1) is 0 Å². The number of nitrogens with zero attached hydrogens (tertiary/aromatic N) is 1. The number of carboxylic acid groups (broad SMARTS) is 1. The number of carbonyl (C=O) groups is 1. The standard InChI is InChI=1S/C10H21NO6/c1-11(2,4-10(15)16)3-8(13)6-17-7-9(14)5-12/h8-9,12-14H,3-7H2,1-2H3/p+1. The molecule has 0 bridgehead atoms. The molecule has 0 saturated heterocycles. The van der Waals surface area contributed by atoms with Crippen LogP contribution in [0.5, 0.6) is 0 Å². The van der Waals surface area contributed by atoms with Crippen LogP contribution in [-0.4, -0.2) is 90.1 Å². The van der Waals surface area contributed by atoms with Crippen molar-refractivity contribution < 1.29 is 34.4 Å². The number of hydrogen-bond donors (Lipinski definition) is 4. The van der Waals surface area contributed by atoms with Gasteiger partial charge in [-0.05, 0) is 0 Å². The minimum absolute atomic E-state index is 0.00163. The Hall–Kier alpha value is -0.730. The van der Waals surface area contributed by atoms with Gasteiger partial charge in [0, 0.05) is 0 Å². The zero-order valence-electron chi connectivity index (χ0n) is 10.2. The van der Waals surface area contributed by atoms with E-state index in [9.17, 15) is 9.90 Å². The number of rotatable bonds is 9. The predicted molar refractivity (Wildman–Crippen MR) is 59.4 cm³/mol. The van der Waals surface area contributed by atoms with E-state index in [0.29, 0.717) is 0 Å². The van der Waals surface area contributed by atoms with Crippen molar-refractivity contribution in [3.8, 4) is 0 Å². The van der Waals surface area contributed by atoms with Crippen LogP contribution >= 0.6 is 0 Å². The Bertz CT molecular complexity index is 233. The Kier molecular flexibility index (Phi) is 7.24. The maximum absolute atomic E-state index is 10.5. The summed E-state index contributed by atoms with van der Waals surface area (Å²) in [5.41, 5.74) is 0. The lowest BCUT2D eigenvalue weighted by Crippen LogP contribution is -2.49. The summed E-state index contributed by atoms with van der Waals surface area (Å²) in [4.78, 5) is 10.5. The van der Waals surface area contributed by atoms with Gasteiger partial charge in [0.2, 0.25) is 0 Å². The minimum Gasteiger partial charge on any atom is -0.477 e. The van der Waals surface area contributed by atoms with Crippen molar-refractivity contribution in [3.63, 3.8) is 0 Å². The number of aliphatic carboxylic acids is 1. The van der Waals surface area contributed by atoms with Crippen LogP contribution in [0.2, 0.25) is 0 Å². The number of aliphatic hydroxyl groups is 3. The topological polar surface area (TPSA) is 107 Å². The van der Waals surface area contributed by atoms with Gasteiger partial charge in [0.15, 0.2) is 6.54 Å². The van der Waals surface area contributed by atoms with Crippen LogP contribution in [-0.2, 0) is 9.53 Å². The van der Waals surface area contributed by atoms with E-state index in [2.05, 4.69) is 0 Å². The molecule has 7 heteroatoms. The van der Waals surface area contributed by atoms with Crippen LogP contribution < -0.4 is 0 Å². The molecule has 0 rings (SSSR count). The van der Waals surface area contributed by atoms with Gasteiger partial charge in [-0.3, -0.25) is 0 Å². The van der Waals surface area contributed by atoms with Gasteiger partial charge in [0.05, 0.1) is 33.9 Å². The summed E-state index contributed by atoms with van der Waals surface area (Å²) < 4.78 is 5.12. The van der Waals surface area contributed by atoms with Crippen molar-refractivity contribution in [2.45, 2.75) is 12.2 Å². The van der Waals surface area contributed by atoms with Crippen LogP contribution in [0, 0.1) is 0 Å². The molecule has 0 aromatic rings. The fourth-order valence-electron chi connectivity index (χ4n) is 1.45. The molecule has 0 aliphatic rings. The normalized spacial score (nSPS) is 15.6. The number of hydrogen-bond acceptors (Lipinski definition) is 5. The lowest BCUT2D eigenvalue weighted by molar-refractivity contribution is -0.886. The van der Waals surface area contributed by atoms with Crippen LogP contribution in [0.15, 0.2) is 0 Å². The molecule has 0 aliphatic heterocycles. The first-order valence-electron chi connectivity index (χ1n) is 5.35. The summed E-state index contributed by atoms with van der Waals surface area (Å²) in [6, 6.07) is 0. The Morgan fingerprint density at radius 3 is 2.24 bits per heavy atom. The first kappa shape index (κ1) is 16.3. The molecule has 4 N–H and O–H groups in total. The molecular formula is C10H22NO6+. The van der Waals surface area contributed by atoms with Crippen LogP contribution in [0.4, 0.5) is 0 Å². The van der Waals surface area contributed by atoms with Crippen molar-refractivity contribution in [1.82, 2.24) is 0 Å². The SMILES string of the molecule is C[N+](C)(CC(=O)O)CC(O)COCC(O)CO. The molecule has 0 spiro atoms. The molecule has 0 saturated carbocycles. The van der Waals surface area contributed by atoms with E-state index in [1.165, 1.54) is 0 Å². The highest BCUT2D eigenvalue weighted by molar-refractivity contribution is 5.67. The molecule has 2 atom stereocenters. The Morgan fingerprint density at radius 2 is 1.76 bits per heavy atom. The zero-order chi connectivity index (χ0) is 13.5. The van der Waals surface area contributed by atoms with Gasteiger partial charge in [0.1, 0.15) is 18.8 Å². The van der Waals surface area contributed by atoms with Crippen LogP contribution in [0.3, 0.4) is 0 Å². The van der Waals surface area contributed by atoms with Crippen molar-refractivity contribution in [2.24, 2.45) is 0 Å². The number of likely N-dealkylation sites (N-methyl/N-ethyl adjacent to an activating group) is 1. The molecule has 7 nitrogen and oxygen atoms in total. The largest absolute Gasteiger partial charge is 0.477 e. The maximum Gasteiger partial charge on any atom is 0.359 e. The fraction of sp³-hybridized carbons (Fsp3) is 0.900. The lowest BCUT2D eigenvalue weighted by atomic mass is 10.3. The first-order valence-corrected chi connectivity index (χ1v) is 5.35. The number of ether oxygens (including phenoxy) is 1. The van der Waals surface area contributed by atoms with E-state index < -0.39 is 24.8 Å². The van der Waals surface area contributed by atoms with Crippen molar-refractivity contribution in [2.75, 3.05) is 47.0 Å². The van der Waals surface area contributed by atoms with E-state index in [1.807, 2.05) is 0 Å². The summed E-state index contributed by atoms with van der Waals surface area (Å²) in [5.74, 6) is -0.932. The summed E-state index contributed by atoms with van der Waals surface area (Å²) in [5, 5.41) is 35.8. The van der Waals surface area contributed by atoms with Crippen LogP contribution in [0.25, 0.3) is 0 Å². The van der Waals surface area contributed by atoms with Gasteiger partial charge in [0.25, 0.3) is 0 Å². The zero-order valence-corrected chi connectivity index (χ0v) is 10.2. The quantitative estimate of drug-likeness (QED) is 0.349. The van der Waals surface area contributed by atoms with Crippen molar-refractivity contribution in [1.29, 1.82) is 0 Å².